The van der Waals surface area contributed by atoms with Crippen LogP contribution in [0.25, 0.3) is 0 Å². The number of piperidine rings is 1. The fourth-order valence-electron chi connectivity index (χ4n) is 3.29. The average Bonchev–Trinajstić information content (AvgIpc) is 3.35. The zero-order chi connectivity index (χ0) is 18.5. The number of hydrogen-bond donors (Lipinski definition) is 1. The number of carbonyl (C=O) groups is 1. The lowest BCUT2D eigenvalue weighted by molar-refractivity contribution is -0.121. The number of thiazole rings is 1. The van der Waals surface area contributed by atoms with Gasteiger partial charge in [0.1, 0.15) is 5.51 Å². The number of likely N-dealkylation sites (tertiary alicyclic amines) is 1. The second-order valence-corrected chi connectivity index (χ2v) is 8.45. The van der Waals surface area contributed by atoms with E-state index < -0.39 is 0 Å². The molecule has 0 spiro atoms. The first-order valence-corrected chi connectivity index (χ1v) is 10.8. The van der Waals surface area contributed by atoms with E-state index in [9.17, 15) is 4.79 Å². The van der Waals surface area contributed by atoms with E-state index in [1.807, 2.05) is 6.07 Å². The summed E-state index contributed by atoms with van der Waals surface area (Å²) < 4.78 is 0. The molecule has 0 saturated carbocycles. The molecule has 1 amide bonds. The molecule has 140 valence electrons. The molecule has 1 aromatic carbocycles. The van der Waals surface area contributed by atoms with Gasteiger partial charge >= 0.3 is 0 Å². The third-order valence-electron chi connectivity index (χ3n) is 4.73. The summed E-state index contributed by atoms with van der Waals surface area (Å²) in [7, 11) is 0. The minimum Gasteiger partial charge on any atom is -0.300 e. The molecule has 27 heavy (non-hydrogen) atoms. The molecule has 0 unspecified atom stereocenters. The zero-order valence-electron chi connectivity index (χ0n) is 14.9. The van der Waals surface area contributed by atoms with Crippen molar-refractivity contribution < 1.29 is 4.79 Å². The highest BCUT2D eigenvalue weighted by molar-refractivity contribution is 7.13. The summed E-state index contributed by atoms with van der Waals surface area (Å²) in [6, 6.07) is 10.4. The van der Waals surface area contributed by atoms with Gasteiger partial charge in [-0.2, -0.15) is 0 Å². The molecule has 3 aromatic rings. The maximum absolute atomic E-state index is 12.3. The molecule has 0 atom stereocenters. The number of anilines is 1. The fraction of sp³-hybridized carbons (Fsp3) is 0.368. The molecule has 6 nitrogen and oxygen atoms in total. The van der Waals surface area contributed by atoms with Gasteiger partial charge in [0.25, 0.3) is 0 Å². The number of carbonyl (C=O) groups excluding carboxylic acids is 1. The highest BCUT2D eigenvalue weighted by Gasteiger charge is 2.25. The van der Waals surface area contributed by atoms with Crippen LogP contribution in [0, 0.1) is 5.92 Å². The topological polar surface area (TPSA) is 71.0 Å². The van der Waals surface area contributed by atoms with Crippen molar-refractivity contribution >= 4 is 33.7 Å². The van der Waals surface area contributed by atoms with E-state index in [0.29, 0.717) is 5.13 Å². The van der Waals surface area contributed by atoms with Crippen LogP contribution in [0.2, 0.25) is 0 Å². The van der Waals surface area contributed by atoms with Crippen LogP contribution in [0.3, 0.4) is 0 Å². The van der Waals surface area contributed by atoms with E-state index in [0.717, 1.165) is 49.6 Å². The molecule has 0 aliphatic carbocycles. The van der Waals surface area contributed by atoms with E-state index in [-0.39, 0.29) is 11.8 Å². The largest absolute Gasteiger partial charge is 0.300 e. The van der Waals surface area contributed by atoms with Crippen molar-refractivity contribution in [1.29, 1.82) is 0 Å². The Morgan fingerprint density at radius 3 is 2.74 bits per heavy atom. The Morgan fingerprint density at radius 1 is 1.19 bits per heavy atom. The summed E-state index contributed by atoms with van der Waals surface area (Å²) in [4.78, 5) is 19.5. The number of nitrogens with zero attached hydrogens (tertiary/aromatic N) is 4. The van der Waals surface area contributed by atoms with Gasteiger partial charge in [0.2, 0.25) is 11.0 Å². The molecule has 1 N–H and O–H groups in total. The van der Waals surface area contributed by atoms with Crippen molar-refractivity contribution in [2.75, 3.05) is 18.4 Å². The molecular weight excluding hydrogens is 378 g/mol. The van der Waals surface area contributed by atoms with Crippen molar-refractivity contribution in [2.45, 2.75) is 25.8 Å². The molecule has 8 heteroatoms. The first kappa shape index (κ1) is 18.2. The zero-order valence-corrected chi connectivity index (χ0v) is 16.5. The summed E-state index contributed by atoms with van der Waals surface area (Å²) >= 11 is 3.08. The maximum Gasteiger partial charge on any atom is 0.229 e. The van der Waals surface area contributed by atoms with Crippen LogP contribution in [0.4, 0.5) is 5.13 Å². The normalized spacial score (nSPS) is 15.7. The van der Waals surface area contributed by atoms with E-state index in [1.165, 1.54) is 16.9 Å². The van der Waals surface area contributed by atoms with Crippen LogP contribution in [-0.4, -0.2) is 39.1 Å². The van der Waals surface area contributed by atoms with Gasteiger partial charge in [-0.1, -0.05) is 41.7 Å². The molecule has 1 aliphatic heterocycles. The number of benzene rings is 1. The Bertz CT molecular complexity index is 857. The number of nitrogens with one attached hydrogen (secondary N) is 1. The standard InChI is InChI=1S/C19H21N5OS2/c25-18(22-19-23-20-13-27-19)15-6-8-24(9-7-15)11-16-12-26-17(21-16)10-14-4-2-1-3-5-14/h1-5,12-13,15H,6-11H2,(H,22,23,25). The van der Waals surface area contributed by atoms with Crippen LogP contribution in [0.1, 0.15) is 29.1 Å². The lowest BCUT2D eigenvalue weighted by Crippen LogP contribution is -2.37. The van der Waals surface area contributed by atoms with Crippen molar-refractivity contribution in [1.82, 2.24) is 20.1 Å². The lowest BCUT2D eigenvalue weighted by atomic mass is 9.96. The average molecular weight is 400 g/mol. The number of aromatic nitrogens is 3. The number of hydrogen-bond acceptors (Lipinski definition) is 7. The molecule has 0 bridgehead atoms. The smallest absolute Gasteiger partial charge is 0.229 e. The lowest BCUT2D eigenvalue weighted by Gasteiger charge is -2.30. The summed E-state index contributed by atoms with van der Waals surface area (Å²) in [6.45, 7) is 2.69. The third-order valence-corrected chi connectivity index (χ3v) is 6.24. The van der Waals surface area contributed by atoms with Gasteiger partial charge in [-0.25, -0.2) is 4.98 Å². The Kier molecular flexibility index (Phi) is 5.86. The van der Waals surface area contributed by atoms with E-state index in [2.05, 4.69) is 50.1 Å². The SMILES string of the molecule is O=C(Nc1nncs1)C1CCN(Cc2csc(Cc3ccccc3)n2)CC1. The van der Waals surface area contributed by atoms with Crippen LogP contribution in [0.5, 0.6) is 0 Å². The van der Waals surface area contributed by atoms with E-state index in [1.54, 1.807) is 16.8 Å². The van der Waals surface area contributed by atoms with Crippen molar-refractivity contribution in [3.05, 3.63) is 57.5 Å². The summed E-state index contributed by atoms with van der Waals surface area (Å²) in [5, 5.41) is 14.4. The van der Waals surface area contributed by atoms with Crippen LogP contribution < -0.4 is 5.32 Å². The molecule has 1 fully saturated rings. The van der Waals surface area contributed by atoms with Gasteiger partial charge in [0.15, 0.2) is 0 Å². The number of rotatable bonds is 6. The molecule has 1 aliphatic rings. The van der Waals surface area contributed by atoms with Crippen LogP contribution in [0.15, 0.2) is 41.2 Å². The minimum absolute atomic E-state index is 0.0502. The maximum atomic E-state index is 12.3. The van der Waals surface area contributed by atoms with Gasteiger partial charge in [0.05, 0.1) is 10.7 Å². The highest BCUT2D eigenvalue weighted by atomic mass is 32.1. The summed E-state index contributed by atoms with van der Waals surface area (Å²) in [5.41, 5.74) is 4.04. The molecular formula is C19H21N5OS2. The fourth-order valence-corrected chi connectivity index (χ4v) is 4.56. The van der Waals surface area contributed by atoms with Gasteiger partial charge in [-0.15, -0.1) is 21.5 Å². The Balaban J connectivity index is 1.25. The third kappa shape index (κ3) is 4.97. The van der Waals surface area contributed by atoms with Crippen molar-refractivity contribution in [2.24, 2.45) is 5.92 Å². The van der Waals surface area contributed by atoms with Crippen LogP contribution in [-0.2, 0) is 17.8 Å². The quantitative estimate of drug-likeness (QED) is 0.688. The molecule has 0 radical (unpaired) electrons. The second kappa shape index (κ2) is 8.69. The predicted molar refractivity (Wildman–Crippen MR) is 108 cm³/mol. The molecule has 2 aromatic heterocycles. The van der Waals surface area contributed by atoms with E-state index >= 15 is 0 Å². The Labute approximate surface area is 166 Å². The first-order valence-electron chi connectivity index (χ1n) is 9.03. The molecule has 4 rings (SSSR count). The van der Waals surface area contributed by atoms with E-state index in [4.69, 9.17) is 4.98 Å². The molecule has 1 saturated heterocycles. The van der Waals surface area contributed by atoms with Gasteiger partial charge in [0, 0.05) is 24.3 Å². The minimum atomic E-state index is 0.0502. The number of amides is 1. The summed E-state index contributed by atoms with van der Waals surface area (Å²) in [5.74, 6) is 0.111. The Hall–Kier alpha value is -2.16. The van der Waals surface area contributed by atoms with Gasteiger partial charge in [-0.3, -0.25) is 9.69 Å². The second-order valence-electron chi connectivity index (χ2n) is 6.68. The van der Waals surface area contributed by atoms with Crippen molar-refractivity contribution in [3.63, 3.8) is 0 Å². The Morgan fingerprint density at radius 2 is 2.00 bits per heavy atom. The van der Waals surface area contributed by atoms with Gasteiger partial charge < -0.3 is 5.32 Å². The first-order chi connectivity index (χ1) is 13.3. The monoisotopic (exact) mass is 399 g/mol. The highest BCUT2D eigenvalue weighted by Crippen LogP contribution is 2.22. The summed E-state index contributed by atoms with van der Waals surface area (Å²) in [6.07, 6.45) is 2.62. The van der Waals surface area contributed by atoms with Crippen LogP contribution >= 0.6 is 22.7 Å². The molecule has 3 heterocycles. The predicted octanol–water partition coefficient (Wildman–Crippen LogP) is 3.44. The van der Waals surface area contributed by atoms with Gasteiger partial charge in [-0.05, 0) is 31.5 Å². The van der Waals surface area contributed by atoms with Crippen molar-refractivity contribution in [3.8, 4) is 0 Å².